The van der Waals surface area contributed by atoms with Gasteiger partial charge in [0.1, 0.15) is 5.01 Å². The SMILES string of the molecule is COC(=O)c1ccccc1C(=O)NCc1csc(-c2ccccn2)n1. The lowest BCUT2D eigenvalue weighted by Gasteiger charge is -2.07. The molecular weight excluding hydrogens is 338 g/mol. The lowest BCUT2D eigenvalue weighted by atomic mass is 10.1. The molecule has 0 bridgehead atoms. The van der Waals surface area contributed by atoms with E-state index in [1.165, 1.54) is 18.4 Å². The van der Waals surface area contributed by atoms with Gasteiger partial charge >= 0.3 is 5.97 Å². The summed E-state index contributed by atoms with van der Waals surface area (Å²) in [5.74, 6) is -0.898. The van der Waals surface area contributed by atoms with Crippen LogP contribution in [0.3, 0.4) is 0 Å². The Morgan fingerprint density at radius 3 is 2.60 bits per heavy atom. The molecule has 1 amide bonds. The maximum atomic E-state index is 12.4. The first kappa shape index (κ1) is 16.8. The smallest absolute Gasteiger partial charge is 0.338 e. The Labute approximate surface area is 148 Å². The summed E-state index contributed by atoms with van der Waals surface area (Å²) in [5, 5.41) is 5.44. The summed E-state index contributed by atoms with van der Waals surface area (Å²) in [6.45, 7) is 0.262. The van der Waals surface area contributed by atoms with Crippen molar-refractivity contribution in [3.05, 3.63) is 70.9 Å². The standard InChI is InChI=1S/C18H15N3O3S/c1-24-18(23)14-7-3-2-6-13(14)16(22)20-10-12-11-25-17(21-12)15-8-4-5-9-19-15/h2-9,11H,10H2,1H3,(H,20,22). The predicted molar refractivity (Wildman–Crippen MR) is 94.3 cm³/mol. The Bertz CT molecular complexity index is 893. The van der Waals surface area contributed by atoms with Gasteiger partial charge in [-0.25, -0.2) is 9.78 Å². The summed E-state index contributed by atoms with van der Waals surface area (Å²) in [7, 11) is 1.28. The molecular formula is C18H15N3O3S. The fourth-order valence-electron chi connectivity index (χ4n) is 2.23. The molecule has 0 atom stereocenters. The maximum Gasteiger partial charge on any atom is 0.338 e. The number of benzene rings is 1. The number of rotatable bonds is 5. The van der Waals surface area contributed by atoms with Gasteiger partial charge < -0.3 is 10.1 Å². The third kappa shape index (κ3) is 3.89. The van der Waals surface area contributed by atoms with Gasteiger partial charge in [-0.3, -0.25) is 9.78 Å². The lowest BCUT2D eigenvalue weighted by Crippen LogP contribution is -2.25. The number of nitrogens with zero attached hydrogens (tertiary/aromatic N) is 2. The molecule has 0 radical (unpaired) electrons. The Balaban J connectivity index is 1.70. The van der Waals surface area contributed by atoms with Crippen LogP contribution in [0, 0.1) is 0 Å². The summed E-state index contributed by atoms with van der Waals surface area (Å²) in [6.07, 6.45) is 1.71. The molecule has 0 aliphatic rings. The van der Waals surface area contributed by atoms with Crippen LogP contribution in [0.1, 0.15) is 26.4 Å². The first-order chi connectivity index (χ1) is 12.2. The molecule has 0 saturated heterocycles. The fourth-order valence-corrected chi connectivity index (χ4v) is 3.03. The highest BCUT2D eigenvalue weighted by Crippen LogP contribution is 2.21. The molecule has 7 heteroatoms. The molecule has 2 heterocycles. The van der Waals surface area contributed by atoms with Crippen molar-refractivity contribution in [3.8, 4) is 10.7 Å². The van der Waals surface area contributed by atoms with Crippen LogP contribution >= 0.6 is 11.3 Å². The Morgan fingerprint density at radius 2 is 1.88 bits per heavy atom. The van der Waals surface area contributed by atoms with Crippen molar-refractivity contribution in [1.82, 2.24) is 15.3 Å². The lowest BCUT2D eigenvalue weighted by molar-refractivity contribution is 0.0596. The van der Waals surface area contributed by atoms with Gasteiger partial charge in [0.25, 0.3) is 5.91 Å². The second-order valence-corrected chi connectivity index (χ2v) is 5.94. The van der Waals surface area contributed by atoms with Crippen LogP contribution in [0.25, 0.3) is 10.7 Å². The van der Waals surface area contributed by atoms with E-state index in [0.29, 0.717) is 0 Å². The molecule has 126 valence electrons. The van der Waals surface area contributed by atoms with Gasteiger partial charge in [0, 0.05) is 11.6 Å². The molecule has 0 unspecified atom stereocenters. The second kappa shape index (κ2) is 7.67. The summed E-state index contributed by atoms with van der Waals surface area (Å²) >= 11 is 1.46. The van der Waals surface area contributed by atoms with Gasteiger partial charge in [-0.1, -0.05) is 18.2 Å². The number of amides is 1. The van der Waals surface area contributed by atoms with Gasteiger partial charge in [-0.05, 0) is 24.3 Å². The quantitative estimate of drug-likeness (QED) is 0.713. The van der Waals surface area contributed by atoms with Crippen molar-refractivity contribution >= 4 is 23.2 Å². The van der Waals surface area contributed by atoms with Gasteiger partial charge in [0.05, 0.1) is 36.2 Å². The van der Waals surface area contributed by atoms with E-state index in [-0.39, 0.29) is 23.6 Å². The largest absolute Gasteiger partial charge is 0.465 e. The van der Waals surface area contributed by atoms with Crippen molar-refractivity contribution in [2.24, 2.45) is 0 Å². The van der Waals surface area contributed by atoms with Gasteiger partial charge in [-0.2, -0.15) is 0 Å². The fraction of sp³-hybridized carbons (Fsp3) is 0.111. The predicted octanol–water partition coefficient (Wildman–Crippen LogP) is 2.92. The molecule has 2 aromatic heterocycles. The van der Waals surface area contributed by atoms with E-state index in [0.717, 1.165) is 16.4 Å². The van der Waals surface area contributed by atoms with Crippen LogP contribution in [-0.4, -0.2) is 29.0 Å². The summed E-state index contributed by atoms with van der Waals surface area (Å²) in [4.78, 5) is 32.9. The van der Waals surface area contributed by atoms with Gasteiger partial charge in [0.15, 0.2) is 0 Å². The minimum absolute atomic E-state index is 0.231. The number of hydrogen-bond acceptors (Lipinski definition) is 6. The molecule has 1 N–H and O–H groups in total. The van der Waals surface area contributed by atoms with Crippen LogP contribution in [0.2, 0.25) is 0 Å². The van der Waals surface area contributed by atoms with Crippen LogP contribution in [0.4, 0.5) is 0 Å². The number of aromatic nitrogens is 2. The summed E-state index contributed by atoms with van der Waals surface area (Å²) < 4.78 is 4.71. The summed E-state index contributed by atoms with van der Waals surface area (Å²) in [5.41, 5.74) is 2.03. The molecule has 0 spiro atoms. The number of pyridine rings is 1. The molecule has 3 rings (SSSR count). The van der Waals surface area contributed by atoms with Crippen LogP contribution < -0.4 is 5.32 Å². The Morgan fingerprint density at radius 1 is 1.12 bits per heavy atom. The Hall–Kier alpha value is -3.06. The highest BCUT2D eigenvalue weighted by atomic mass is 32.1. The molecule has 0 fully saturated rings. The third-order valence-corrected chi connectivity index (χ3v) is 4.36. The van der Waals surface area contributed by atoms with Gasteiger partial charge in [0.2, 0.25) is 0 Å². The number of ether oxygens (including phenoxy) is 1. The zero-order valence-electron chi connectivity index (χ0n) is 13.4. The number of carbonyl (C=O) groups is 2. The third-order valence-electron chi connectivity index (χ3n) is 3.44. The maximum absolute atomic E-state index is 12.4. The normalized spacial score (nSPS) is 10.3. The monoisotopic (exact) mass is 353 g/mol. The van der Waals surface area contributed by atoms with Crippen molar-refractivity contribution in [2.75, 3.05) is 7.11 Å². The minimum atomic E-state index is -0.545. The summed E-state index contributed by atoms with van der Waals surface area (Å²) in [6, 6.07) is 12.1. The Kier molecular flexibility index (Phi) is 5.15. The van der Waals surface area contributed by atoms with Crippen LogP contribution in [0.15, 0.2) is 54.0 Å². The molecule has 25 heavy (non-hydrogen) atoms. The van der Waals surface area contributed by atoms with Crippen molar-refractivity contribution < 1.29 is 14.3 Å². The molecule has 1 aromatic carbocycles. The van der Waals surface area contributed by atoms with E-state index in [2.05, 4.69) is 15.3 Å². The first-order valence-corrected chi connectivity index (χ1v) is 8.38. The zero-order chi connectivity index (χ0) is 17.6. The second-order valence-electron chi connectivity index (χ2n) is 5.08. The first-order valence-electron chi connectivity index (χ1n) is 7.50. The van der Waals surface area contributed by atoms with E-state index in [4.69, 9.17) is 4.74 Å². The topological polar surface area (TPSA) is 81.2 Å². The molecule has 0 aliphatic carbocycles. The highest BCUT2D eigenvalue weighted by molar-refractivity contribution is 7.13. The number of methoxy groups -OCH3 is 1. The molecule has 3 aromatic rings. The van der Waals surface area contributed by atoms with E-state index < -0.39 is 5.97 Å². The van der Waals surface area contributed by atoms with E-state index in [1.807, 2.05) is 23.6 Å². The minimum Gasteiger partial charge on any atom is -0.465 e. The number of carbonyl (C=O) groups excluding carboxylic acids is 2. The van der Waals surface area contributed by atoms with Crippen molar-refractivity contribution in [1.29, 1.82) is 0 Å². The van der Waals surface area contributed by atoms with Gasteiger partial charge in [-0.15, -0.1) is 11.3 Å². The molecule has 0 saturated carbocycles. The molecule has 6 nitrogen and oxygen atoms in total. The van der Waals surface area contributed by atoms with E-state index in [1.54, 1.807) is 30.5 Å². The number of esters is 1. The number of thiazole rings is 1. The van der Waals surface area contributed by atoms with Crippen LogP contribution in [-0.2, 0) is 11.3 Å². The average molecular weight is 353 g/mol. The van der Waals surface area contributed by atoms with E-state index in [9.17, 15) is 9.59 Å². The molecule has 0 aliphatic heterocycles. The average Bonchev–Trinajstić information content (AvgIpc) is 3.15. The number of hydrogen-bond donors (Lipinski definition) is 1. The number of nitrogens with one attached hydrogen (secondary N) is 1. The van der Waals surface area contributed by atoms with Crippen molar-refractivity contribution in [3.63, 3.8) is 0 Å². The van der Waals surface area contributed by atoms with Crippen LogP contribution in [0.5, 0.6) is 0 Å². The van der Waals surface area contributed by atoms with Crippen molar-refractivity contribution in [2.45, 2.75) is 6.54 Å². The van der Waals surface area contributed by atoms with E-state index >= 15 is 0 Å². The zero-order valence-corrected chi connectivity index (χ0v) is 14.2. The highest BCUT2D eigenvalue weighted by Gasteiger charge is 2.17.